The first-order valence-electron chi connectivity index (χ1n) is 10.3. The Hall–Kier alpha value is -2.53. The Kier molecular flexibility index (Phi) is 6.99. The molecule has 1 aliphatic heterocycles. The van der Waals surface area contributed by atoms with E-state index in [9.17, 15) is 13.2 Å². The summed E-state index contributed by atoms with van der Waals surface area (Å²) in [6, 6.07) is 8.17. The largest absolute Gasteiger partial charge is 0.481 e. The third-order valence-electron chi connectivity index (χ3n) is 5.54. The number of methoxy groups -OCH3 is 1. The molecule has 0 aliphatic carbocycles. The Morgan fingerprint density at radius 3 is 2.64 bits per heavy atom. The number of amides is 1. The number of pyridine rings is 1. The maximum atomic E-state index is 13.0. The van der Waals surface area contributed by atoms with Crippen molar-refractivity contribution in [3.63, 3.8) is 0 Å². The lowest BCUT2D eigenvalue weighted by atomic mass is 9.99. The van der Waals surface area contributed by atoms with Crippen LogP contribution in [0.2, 0.25) is 5.02 Å². The summed E-state index contributed by atoms with van der Waals surface area (Å²) >= 11 is 7.54. The van der Waals surface area contributed by atoms with Crippen LogP contribution in [-0.4, -0.2) is 48.8 Å². The van der Waals surface area contributed by atoms with Gasteiger partial charge in [-0.2, -0.15) is 4.31 Å². The molecular formula is C22H23ClN4O4S2. The summed E-state index contributed by atoms with van der Waals surface area (Å²) in [4.78, 5) is 21.3. The molecule has 8 nitrogen and oxygen atoms in total. The van der Waals surface area contributed by atoms with Crippen LogP contribution in [0.1, 0.15) is 39.8 Å². The summed E-state index contributed by atoms with van der Waals surface area (Å²) in [5.41, 5.74) is 1.71. The van der Waals surface area contributed by atoms with Crippen LogP contribution in [0, 0.1) is 6.92 Å². The first-order valence-corrected chi connectivity index (χ1v) is 13.0. The van der Waals surface area contributed by atoms with Crippen molar-refractivity contribution in [2.75, 3.05) is 25.5 Å². The van der Waals surface area contributed by atoms with Gasteiger partial charge >= 0.3 is 0 Å². The molecule has 11 heteroatoms. The molecule has 4 rings (SSSR count). The zero-order valence-corrected chi connectivity index (χ0v) is 20.5. The third kappa shape index (κ3) is 5.19. The van der Waals surface area contributed by atoms with E-state index < -0.39 is 10.0 Å². The molecule has 1 fully saturated rings. The number of nitrogens with zero attached hydrogens (tertiary/aromatic N) is 3. The minimum atomic E-state index is -3.60. The van der Waals surface area contributed by atoms with E-state index in [1.54, 1.807) is 29.6 Å². The minimum absolute atomic E-state index is 0.104. The molecule has 1 N–H and O–H groups in total. The highest BCUT2D eigenvalue weighted by Gasteiger charge is 2.31. The second-order valence-electron chi connectivity index (χ2n) is 7.70. The number of aromatic nitrogens is 2. The number of carbonyl (C=O) groups excluding carboxylic acids is 1. The number of aryl methyl sites for hydroxylation is 1. The first-order chi connectivity index (χ1) is 15.8. The van der Waals surface area contributed by atoms with E-state index in [2.05, 4.69) is 15.3 Å². The molecule has 1 aromatic carbocycles. The summed E-state index contributed by atoms with van der Waals surface area (Å²) in [6.07, 6.45) is 2.78. The highest BCUT2D eigenvalue weighted by atomic mass is 35.5. The average molecular weight is 507 g/mol. The van der Waals surface area contributed by atoms with Gasteiger partial charge < -0.3 is 10.1 Å². The van der Waals surface area contributed by atoms with Gasteiger partial charge in [0.1, 0.15) is 5.69 Å². The fourth-order valence-corrected chi connectivity index (χ4v) is 6.29. The topological polar surface area (TPSA) is 101 Å². The molecule has 1 amide bonds. The Morgan fingerprint density at radius 1 is 1.24 bits per heavy atom. The number of ether oxygens (including phenoxy) is 1. The van der Waals surface area contributed by atoms with Crippen LogP contribution in [0.5, 0.6) is 5.88 Å². The molecule has 1 saturated heterocycles. The van der Waals surface area contributed by atoms with E-state index in [0.717, 1.165) is 10.6 Å². The van der Waals surface area contributed by atoms with Gasteiger partial charge in [-0.05, 0) is 43.5 Å². The van der Waals surface area contributed by atoms with E-state index in [1.807, 2.05) is 6.92 Å². The smallest absolute Gasteiger partial charge is 0.275 e. The fourth-order valence-electron chi connectivity index (χ4n) is 3.58. The van der Waals surface area contributed by atoms with Gasteiger partial charge in [-0.1, -0.05) is 17.7 Å². The van der Waals surface area contributed by atoms with E-state index in [-0.39, 0.29) is 16.7 Å². The van der Waals surface area contributed by atoms with Crippen LogP contribution in [0.3, 0.4) is 0 Å². The predicted molar refractivity (Wildman–Crippen MR) is 128 cm³/mol. The van der Waals surface area contributed by atoms with Gasteiger partial charge in [0.2, 0.25) is 15.9 Å². The Labute approximate surface area is 201 Å². The summed E-state index contributed by atoms with van der Waals surface area (Å²) < 4.78 is 32.5. The van der Waals surface area contributed by atoms with Crippen LogP contribution >= 0.6 is 22.9 Å². The number of benzene rings is 1. The number of nitrogens with one attached hydrogen (secondary N) is 1. The fraction of sp³-hybridized carbons (Fsp3) is 0.318. The van der Waals surface area contributed by atoms with E-state index in [4.69, 9.17) is 16.3 Å². The van der Waals surface area contributed by atoms with Gasteiger partial charge in [-0.25, -0.2) is 18.4 Å². The van der Waals surface area contributed by atoms with Crippen molar-refractivity contribution in [1.29, 1.82) is 0 Å². The van der Waals surface area contributed by atoms with Crippen molar-refractivity contribution >= 4 is 44.6 Å². The molecular weight excluding hydrogens is 484 g/mol. The Morgan fingerprint density at radius 2 is 2.00 bits per heavy atom. The lowest BCUT2D eigenvalue weighted by molar-refractivity contribution is 0.102. The molecule has 0 unspecified atom stereocenters. The summed E-state index contributed by atoms with van der Waals surface area (Å²) in [5, 5.41) is 5.76. The number of hydrogen-bond donors (Lipinski definition) is 1. The number of anilines is 1. The highest BCUT2D eigenvalue weighted by Crippen LogP contribution is 2.33. The number of halogens is 1. The van der Waals surface area contributed by atoms with Gasteiger partial charge in [-0.3, -0.25) is 4.79 Å². The van der Waals surface area contributed by atoms with Crippen LogP contribution < -0.4 is 10.1 Å². The summed E-state index contributed by atoms with van der Waals surface area (Å²) in [6.45, 7) is 2.61. The standard InChI is InChI=1S/C22H23ClN4O4S2/c1-14-3-5-17(11-18(14)23)33(29,30)27-9-7-15(8-10-27)22-26-19(13-32-22)21(28)25-16-4-6-20(31-2)24-12-16/h3-6,11-13,15H,7-10H2,1-2H3,(H,25,28). The molecule has 0 saturated carbocycles. The number of sulfonamides is 1. The molecule has 3 heterocycles. The second kappa shape index (κ2) is 9.76. The Balaban J connectivity index is 1.38. The molecule has 3 aromatic rings. The molecule has 0 bridgehead atoms. The van der Waals surface area contributed by atoms with Crippen LogP contribution in [0.25, 0.3) is 0 Å². The average Bonchev–Trinajstić information content (AvgIpc) is 3.32. The number of hydrogen-bond acceptors (Lipinski definition) is 7. The lowest BCUT2D eigenvalue weighted by Crippen LogP contribution is -2.37. The first kappa shape index (κ1) is 23.6. The van der Waals surface area contributed by atoms with E-state index in [1.165, 1.54) is 35.0 Å². The van der Waals surface area contributed by atoms with Crippen molar-refractivity contribution in [3.8, 4) is 5.88 Å². The number of thiazole rings is 1. The van der Waals surface area contributed by atoms with Crippen molar-refractivity contribution in [2.24, 2.45) is 0 Å². The van der Waals surface area contributed by atoms with Gasteiger partial charge in [0.15, 0.2) is 0 Å². The molecule has 2 aromatic heterocycles. The number of rotatable bonds is 6. The van der Waals surface area contributed by atoms with Crippen LogP contribution in [0.4, 0.5) is 5.69 Å². The molecule has 0 radical (unpaired) electrons. The minimum Gasteiger partial charge on any atom is -0.481 e. The zero-order chi connectivity index (χ0) is 23.6. The van der Waals surface area contributed by atoms with Gasteiger partial charge in [0.05, 0.1) is 28.9 Å². The molecule has 0 spiro atoms. The molecule has 0 atom stereocenters. The summed E-state index contributed by atoms with van der Waals surface area (Å²) in [5.74, 6) is 0.246. The van der Waals surface area contributed by atoms with Gasteiger partial charge in [0.25, 0.3) is 5.91 Å². The zero-order valence-electron chi connectivity index (χ0n) is 18.1. The van der Waals surface area contributed by atoms with Gasteiger partial charge in [-0.15, -0.1) is 11.3 Å². The predicted octanol–water partition coefficient (Wildman–Crippen LogP) is 4.33. The SMILES string of the molecule is COc1ccc(NC(=O)c2csc(C3CCN(S(=O)(=O)c4ccc(C)c(Cl)c4)CC3)n2)cn1. The number of carbonyl (C=O) groups is 1. The van der Waals surface area contributed by atoms with Crippen molar-refractivity contribution in [3.05, 3.63) is 63.2 Å². The maximum absolute atomic E-state index is 13.0. The molecule has 1 aliphatic rings. The van der Waals surface area contributed by atoms with E-state index >= 15 is 0 Å². The van der Waals surface area contributed by atoms with Crippen molar-refractivity contribution in [1.82, 2.24) is 14.3 Å². The van der Waals surface area contributed by atoms with Crippen LogP contribution in [0.15, 0.2) is 46.8 Å². The van der Waals surface area contributed by atoms with Crippen molar-refractivity contribution in [2.45, 2.75) is 30.6 Å². The lowest BCUT2D eigenvalue weighted by Gasteiger charge is -2.30. The normalized spacial score (nSPS) is 15.4. The molecule has 174 valence electrons. The van der Waals surface area contributed by atoms with Crippen LogP contribution in [-0.2, 0) is 10.0 Å². The second-order valence-corrected chi connectivity index (χ2v) is 10.9. The summed E-state index contributed by atoms with van der Waals surface area (Å²) in [7, 11) is -2.08. The quantitative estimate of drug-likeness (QED) is 0.534. The maximum Gasteiger partial charge on any atom is 0.275 e. The Bertz CT molecular complexity index is 1250. The molecule has 33 heavy (non-hydrogen) atoms. The van der Waals surface area contributed by atoms with Crippen molar-refractivity contribution < 1.29 is 17.9 Å². The third-order valence-corrected chi connectivity index (χ3v) is 8.85. The monoisotopic (exact) mass is 506 g/mol. The van der Waals surface area contributed by atoms with E-state index in [0.29, 0.717) is 48.2 Å². The highest BCUT2D eigenvalue weighted by molar-refractivity contribution is 7.89. The van der Waals surface area contributed by atoms with Gasteiger partial charge in [0, 0.05) is 35.5 Å². The number of piperidine rings is 1.